The Bertz CT molecular complexity index is 344. The van der Waals surface area contributed by atoms with Crippen molar-refractivity contribution in [2.45, 2.75) is 13.0 Å². The van der Waals surface area contributed by atoms with E-state index in [0.29, 0.717) is 6.04 Å². The highest BCUT2D eigenvalue weighted by molar-refractivity contribution is 6.04. The Hall–Kier alpha value is -1.51. The largest absolute Gasteiger partial charge is 0.398 e. The molecule has 3 heteroatoms. The highest BCUT2D eigenvalue weighted by atomic mass is 15.1. The van der Waals surface area contributed by atoms with Crippen molar-refractivity contribution < 1.29 is 0 Å². The van der Waals surface area contributed by atoms with E-state index < -0.39 is 0 Å². The molecule has 2 rings (SSSR count). The van der Waals surface area contributed by atoms with Gasteiger partial charge in [-0.15, -0.1) is 0 Å². The zero-order valence-electron chi connectivity index (χ0n) is 7.62. The maximum atomic E-state index is 5.82. The third kappa shape index (κ3) is 1.49. The molecule has 0 radical (unpaired) electrons. The normalized spacial score (nSPS) is 21.0. The minimum Gasteiger partial charge on any atom is -0.398 e. The van der Waals surface area contributed by atoms with Gasteiger partial charge < -0.3 is 11.1 Å². The van der Waals surface area contributed by atoms with Gasteiger partial charge in [-0.3, -0.25) is 4.99 Å². The molecule has 0 spiro atoms. The van der Waals surface area contributed by atoms with Crippen LogP contribution in [0.1, 0.15) is 12.5 Å². The Balaban J connectivity index is 2.31. The zero-order valence-corrected chi connectivity index (χ0v) is 7.62. The van der Waals surface area contributed by atoms with Crippen molar-refractivity contribution >= 4 is 11.5 Å². The molecule has 1 aliphatic heterocycles. The lowest BCUT2D eigenvalue weighted by molar-refractivity contribution is 0.726. The Morgan fingerprint density at radius 3 is 2.85 bits per heavy atom. The van der Waals surface area contributed by atoms with Crippen LogP contribution in [0.3, 0.4) is 0 Å². The first-order valence-corrected chi connectivity index (χ1v) is 4.43. The minimum absolute atomic E-state index is 0.426. The second kappa shape index (κ2) is 3.09. The van der Waals surface area contributed by atoms with Crippen molar-refractivity contribution in [2.75, 3.05) is 12.3 Å². The molecule has 0 fully saturated rings. The van der Waals surface area contributed by atoms with Gasteiger partial charge in [-0.2, -0.15) is 0 Å². The van der Waals surface area contributed by atoms with E-state index in [1.54, 1.807) is 0 Å². The molecule has 1 aliphatic rings. The van der Waals surface area contributed by atoms with Crippen molar-refractivity contribution in [3.8, 4) is 0 Å². The van der Waals surface area contributed by atoms with Gasteiger partial charge in [0.25, 0.3) is 0 Å². The molecular weight excluding hydrogens is 162 g/mol. The van der Waals surface area contributed by atoms with Crippen LogP contribution in [0.4, 0.5) is 5.69 Å². The number of aliphatic imine (C=N–C) groups is 1. The Morgan fingerprint density at radius 2 is 2.23 bits per heavy atom. The number of amidine groups is 1. The second-order valence-corrected chi connectivity index (χ2v) is 3.32. The number of rotatable bonds is 1. The quantitative estimate of drug-likeness (QED) is 0.626. The summed E-state index contributed by atoms with van der Waals surface area (Å²) >= 11 is 0. The van der Waals surface area contributed by atoms with Gasteiger partial charge in [-0.25, -0.2) is 0 Å². The van der Waals surface area contributed by atoms with E-state index >= 15 is 0 Å². The third-order valence-corrected chi connectivity index (χ3v) is 2.12. The average molecular weight is 175 g/mol. The van der Waals surface area contributed by atoms with Gasteiger partial charge in [0.2, 0.25) is 0 Å². The maximum Gasteiger partial charge on any atom is 0.130 e. The van der Waals surface area contributed by atoms with Gasteiger partial charge in [0.15, 0.2) is 0 Å². The summed E-state index contributed by atoms with van der Waals surface area (Å²) in [5.41, 5.74) is 7.61. The Labute approximate surface area is 77.7 Å². The fraction of sp³-hybridized carbons (Fsp3) is 0.300. The van der Waals surface area contributed by atoms with Crippen LogP contribution in [0.15, 0.2) is 29.3 Å². The molecule has 0 saturated heterocycles. The molecule has 13 heavy (non-hydrogen) atoms. The monoisotopic (exact) mass is 175 g/mol. The third-order valence-electron chi connectivity index (χ3n) is 2.12. The smallest absolute Gasteiger partial charge is 0.130 e. The molecule has 3 N–H and O–H groups in total. The van der Waals surface area contributed by atoms with E-state index in [2.05, 4.69) is 17.2 Å². The number of para-hydroxylation sites is 1. The number of nitrogens with two attached hydrogens (primary N) is 1. The summed E-state index contributed by atoms with van der Waals surface area (Å²) in [5.74, 6) is 0.922. The van der Waals surface area contributed by atoms with Crippen LogP contribution in [0.5, 0.6) is 0 Å². The first-order chi connectivity index (χ1) is 6.27. The van der Waals surface area contributed by atoms with E-state index in [0.717, 1.165) is 23.6 Å². The molecule has 1 unspecified atom stereocenters. The maximum absolute atomic E-state index is 5.82. The molecule has 0 bridgehead atoms. The number of hydrogen-bond donors (Lipinski definition) is 2. The summed E-state index contributed by atoms with van der Waals surface area (Å²) in [7, 11) is 0. The predicted molar refractivity (Wildman–Crippen MR) is 54.9 cm³/mol. The summed E-state index contributed by atoms with van der Waals surface area (Å²) in [6.45, 7) is 2.94. The van der Waals surface area contributed by atoms with Crippen LogP contribution in [0.25, 0.3) is 0 Å². The summed E-state index contributed by atoms with van der Waals surface area (Å²) in [6, 6.07) is 8.20. The lowest BCUT2D eigenvalue weighted by Gasteiger charge is -2.07. The lowest BCUT2D eigenvalue weighted by atomic mass is 10.1. The first kappa shape index (κ1) is 8.10. The van der Waals surface area contributed by atoms with Gasteiger partial charge in [0.05, 0.1) is 6.54 Å². The summed E-state index contributed by atoms with van der Waals surface area (Å²) in [4.78, 5) is 4.37. The minimum atomic E-state index is 0.426. The van der Waals surface area contributed by atoms with Crippen LogP contribution in [0.2, 0.25) is 0 Å². The van der Waals surface area contributed by atoms with Gasteiger partial charge in [-0.05, 0) is 19.1 Å². The van der Waals surface area contributed by atoms with E-state index in [4.69, 9.17) is 5.73 Å². The van der Waals surface area contributed by atoms with Gasteiger partial charge in [-0.1, -0.05) is 12.1 Å². The summed E-state index contributed by atoms with van der Waals surface area (Å²) in [6.07, 6.45) is 0. The van der Waals surface area contributed by atoms with Crippen LogP contribution in [0, 0.1) is 0 Å². The van der Waals surface area contributed by atoms with Crippen molar-refractivity contribution in [3.05, 3.63) is 29.8 Å². The van der Waals surface area contributed by atoms with Crippen LogP contribution in [-0.2, 0) is 0 Å². The molecule has 68 valence electrons. The highest BCUT2D eigenvalue weighted by Crippen LogP contribution is 2.13. The van der Waals surface area contributed by atoms with E-state index in [9.17, 15) is 0 Å². The highest BCUT2D eigenvalue weighted by Gasteiger charge is 2.15. The van der Waals surface area contributed by atoms with E-state index in [1.165, 1.54) is 0 Å². The standard InChI is InChI=1S/C10H13N3/c1-7-6-12-10(13-7)8-4-2-3-5-9(8)11/h2-5,7H,6,11H2,1H3,(H,12,13). The number of nitrogen functional groups attached to an aromatic ring is 1. The molecule has 0 amide bonds. The molecule has 3 nitrogen and oxygen atoms in total. The molecule has 1 aromatic carbocycles. The van der Waals surface area contributed by atoms with Crippen LogP contribution < -0.4 is 11.1 Å². The molecule has 1 atom stereocenters. The van der Waals surface area contributed by atoms with Crippen LogP contribution in [-0.4, -0.2) is 18.4 Å². The number of nitrogens with zero attached hydrogens (tertiary/aromatic N) is 1. The Morgan fingerprint density at radius 1 is 1.46 bits per heavy atom. The number of hydrogen-bond acceptors (Lipinski definition) is 3. The van der Waals surface area contributed by atoms with Crippen LogP contribution >= 0.6 is 0 Å². The molecule has 0 saturated carbocycles. The van der Waals surface area contributed by atoms with Gasteiger partial charge in [0, 0.05) is 17.3 Å². The summed E-state index contributed by atoms with van der Waals surface area (Å²) < 4.78 is 0. The van der Waals surface area contributed by atoms with Gasteiger partial charge in [0.1, 0.15) is 5.84 Å². The fourth-order valence-electron chi connectivity index (χ4n) is 1.43. The Kier molecular flexibility index (Phi) is 1.93. The number of benzene rings is 1. The van der Waals surface area contributed by atoms with Crippen molar-refractivity contribution in [3.63, 3.8) is 0 Å². The van der Waals surface area contributed by atoms with Crippen molar-refractivity contribution in [1.82, 2.24) is 5.32 Å². The molecule has 0 aromatic heterocycles. The summed E-state index contributed by atoms with van der Waals surface area (Å²) in [5, 5.41) is 3.28. The SMILES string of the molecule is CC1CN=C(c2ccccc2N)N1. The zero-order chi connectivity index (χ0) is 9.26. The van der Waals surface area contributed by atoms with Crippen molar-refractivity contribution in [1.29, 1.82) is 0 Å². The average Bonchev–Trinajstić information content (AvgIpc) is 2.53. The topological polar surface area (TPSA) is 50.4 Å². The lowest BCUT2D eigenvalue weighted by Crippen LogP contribution is -2.28. The molecular formula is C10H13N3. The fourth-order valence-corrected chi connectivity index (χ4v) is 1.43. The van der Waals surface area contributed by atoms with Crippen molar-refractivity contribution in [2.24, 2.45) is 4.99 Å². The molecule has 1 heterocycles. The predicted octanol–water partition coefficient (Wildman–Crippen LogP) is 1.01. The number of anilines is 1. The van der Waals surface area contributed by atoms with E-state index in [1.807, 2.05) is 24.3 Å². The number of nitrogens with one attached hydrogen (secondary N) is 1. The second-order valence-electron chi connectivity index (χ2n) is 3.32. The molecule has 0 aliphatic carbocycles. The van der Waals surface area contributed by atoms with E-state index in [-0.39, 0.29) is 0 Å². The molecule has 1 aromatic rings. The van der Waals surface area contributed by atoms with Gasteiger partial charge >= 0.3 is 0 Å². The first-order valence-electron chi connectivity index (χ1n) is 4.43.